The molecule has 0 spiro atoms. The Morgan fingerprint density at radius 1 is 0.638 bits per heavy atom. The van der Waals surface area contributed by atoms with Crippen LogP contribution in [0.4, 0.5) is 8.78 Å². The Hall–Kier alpha value is 0.936. The number of carbonyl (C=O) groups is 1. The van der Waals surface area contributed by atoms with E-state index in [0.29, 0.717) is 36.6 Å². The normalized spacial score (nSPS) is 23.4. The van der Waals surface area contributed by atoms with Gasteiger partial charge in [0.1, 0.15) is 60.5 Å². The van der Waals surface area contributed by atoms with Gasteiger partial charge in [0, 0.05) is 53.3 Å². The molecule has 4 heterocycles. The van der Waals surface area contributed by atoms with E-state index in [4.69, 9.17) is 41.4 Å². The van der Waals surface area contributed by atoms with Crippen molar-refractivity contribution < 1.29 is 94.9 Å². The average Bonchev–Trinajstić information content (AvgIpc) is 0.761. The summed E-state index contributed by atoms with van der Waals surface area (Å²) >= 11 is 14.9. The Labute approximate surface area is 633 Å². The number of hydrogen-bond acceptors (Lipinski definition) is 17. The second-order valence-corrected chi connectivity index (χ2v) is 93.2. The standard InChI is InChI=1S/C38H61FO8SSi4.C25H25FO7S.CH3.5HI.2V/c1-26-16-19-28(24-30(26)38(41-2,42-3)33-23-22-32(48-33)27-17-20-29(39)21-18-27)37(40)36(47-52(13,14)15)35(46-51(10,11)12)34(45-50(7,8)9)31(44-37)25-43-49(4,5)6;1-13-3-6-15(25(32-2)24(31)23(30)22(29)18(12-27)33-25)11-17(13)21(28)20-10-9-19(34-20)14-4-7-16(26)8-5-14;;;;;;;;/h16-24,31,34-36,40H,25H2,1-15H3;3-11,18,22-24,27,29-31H,12H2,1-2H3;1H3;5*1H;;/q;;-1;;;;;;+2;+3/p-5/t31-,34-,35+,36-,37-;18-,22-,23+,24-,25-;;;;;;;;/m00......../s1. The summed E-state index contributed by atoms with van der Waals surface area (Å²) in [7, 11) is -3.68. The molecule has 2 aromatic heterocycles. The molecule has 0 aliphatic carbocycles. The fourth-order valence-electron chi connectivity index (χ4n) is 10.5. The van der Waals surface area contributed by atoms with Gasteiger partial charge in [-0.15, -0.1) is 22.7 Å². The van der Waals surface area contributed by atoms with Crippen molar-refractivity contribution in [2.45, 2.75) is 159 Å². The SMILES string of the molecule is COC(OC)(c1ccc(-c2ccc(F)cc2)s1)c1cc([C@]2(O)O[C@@H](CO[Si](C)(C)C)[C@H](O[Si](C)(C)C)[C@@H](O[Si](C)(C)C)[C@@H]2O[Si](C)(C)C)ccc1C.CO[C@@]1(c2ccc(C)c(C(=O)c3ccc(-c4ccc(F)cc4)s3)c2)O[C@@H](CO)[C@H](O)[C@@H](O)[C@@H]1O.[CH3-].[I][V]([I])[I].[I][V][I]. The van der Waals surface area contributed by atoms with Crippen LogP contribution >= 0.6 is 123 Å². The molecule has 2 fully saturated rings. The Kier molecular flexibility index (Phi) is 34.9. The molecule has 0 radical (unpaired) electrons. The van der Waals surface area contributed by atoms with Gasteiger partial charge in [-0.25, -0.2) is 8.78 Å². The molecule has 2 saturated heterocycles. The van der Waals surface area contributed by atoms with Gasteiger partial charge in [-0.05, 0) is 175 Å². The summed E-state index contributed by atoms with van der Waals surface area (Å²) in [5.74, 6) is -6.11. The van der Waals surface area contributed by atoms with Crippen molar-refractivity contribution in [2.75, 3.05) is 34.5 Å². The number of rotatable bonds is 21. The monoisotopic (exact) mass is 2050 g/mol. The van der Waals surface area contributed by atoms with E-state index in [2.05, 4.69) is 178 Å². The second kappa shape index (κ2) is 37.6. The molecule has 30 heteroatoms. The number of ether oxygens (including phenoxy) is 5. The van der Waals surface area contributed by atoms with Crippen molar-refractivity contribution >= 4 is 162 Å². The fourth-order valence-corrected chi connectivity index (χ4v) is 16.5. The minimum atomic E-state index is -2.35. The molecule has 0 saturated carbocycles. The zero-order valence-electron chi connectivity index (χ0n) is 56.1. The Morgan fingerprint density at radius 2 is 1.12 bits per heavy atom. The topological polar surface area (TPSA) is 201 Å². The summed E-state index contributed by atoms with van der Waals surface area (Å²) in [4.78, 5) is 16.1. The van der Waals surface area contributed by atoms with Gasteiger partial charge in [-0.2, -0.15) is 0 Å². The predicted octanol–water partition coefficient (Wildman–Crippen LogP) is 16.7. The predicted molar refractivity (Wildman–Crippen MR) is 418 cm³/mol. The van der Waals surface area contributed by atoms with Gasteiger partial charge < -0.3 is 74.3 Å². The number of halogens is 7. The van der Waals surface area contributed by atoms with Gasteiger partial charge in [0.2, 0.25) is 23.1 Å². The van der Waals surface area contributed by atoms with E-state index in [9.17, 15) is 39.1 Å². The van der Waals surface area contributed by atoms with E-state index < -0.39 is 106 Å². The zero-order chi connectivity index (χ0) is 70.0. The van der Waals surface area contributed by atoms with Crippen molar-refractivity contribution in [3.8, 4) is 20.9 Å². The molecule has 2 aliphatic rings. The van der Waals surface area contributed by atoms with E-state index in [-0.39, 0.29) is 41.9 Å². The summed E-state index contributed by atoms with van der Waals surface area (Å²) in [5, 5.41) is 54.0. The molecule has 523 valence electrons. The number of carbonyl (C=O) groups excluding carboxylic acids is 1. The van der Waals surface area contributed by atoms with Crippen molar-refractivity contribution in [3.05, 3.63) is 171 Å². The van der Waals surface area contributed by atoms with Crippen molar-refractivity contribution in [3.63, 3.8) is 0 Å². The molecule has 8 rings (SSSR count). The molecule has 0 bridgehead atoms. The number of benzene rings is 4. The fraction of sp³-hybridized carbons (Fsp3) is 0.469. The number of thiophene rings is 2. The first kappa shape index (κ1) is 87.3. The third-order valence-corrected chi connectivity index (χ3v) is 20.9. The Bertz CT molecular complexity index is 3350. The first-order valence-electron chi connectivity index (χ1n) is 29.4. The Balaban J connectivity index is 0.000000384. The molecular formula is C64H89F2I5O15S2Si4V2-. The molecule has 5 N–H and O–H groups in total. The van der Waals surface area contributed by atoms with Gasteiger partial charge in [0.25, 0.3) is 0 Å². The van der Waals surface area contributed by atoms with Gasteiger partial charge in [-0.1, -0.05) is 48.5 Å². The quantitative estimate of drug-likeness (QED) is 0.0150. The third kappa shape index (κ3) is 23.5. The van der Waals surface area contributed by atoms with E-state index in [0.717, 1.165) is 31.3 Å². The molecule has 6 aromatic rings. The zero-order valence-corrected chi connectivity index (χ0v) is 75.3. The van der Waals surface area contributed by atoms with Crippen LogP contribution in [-0.4, -0.2) is 148 Å². The molecule has 15 nitrogen and oxygen atoms in total. The van der Waals surface area contributed by atoms with Crippen molar-refractivity contribution in [1.29, 1.82) is 0 Å². The summed E-state index contributed by atoms with van der Waals surface area (Å²) in [6.45, 7) is 29.0. The van der Waals surface area contributed by atoms with E-state index >= 15 is 0 Å². The first-order valence-corrected chi connectivity index (χ1v) is 67.2. The summed E-state index contributed by atoms with van der Waals surface area (Å²) in [5.41, 5.74) is 4.99. The van der Waals surface area contributed by atoms with Gasteiger partial charge in [0.05, 0.1) is 23.0 Å². The molecular weight excluding hydrogens is 1960 g/mol. The van der Waals surface area contributed by atoms with E-state index in [1.807, 2.05) is 37.3 Å². The van der Waals surface area contributed by atoms with Crippen LogP contribution in [0.25, 0.3) is 20.9 Å². The molecule has 4 aromatic carbocycles. The number of ketones is 1. The number of aliphatic hydroxyl groups excluding tert-OH is 4. The van der Waals surface area contributed by atoms with E-state index in [1.54, 1.807) is 69.7 Å². The van der Waals surface area contributed by atoms with Crippen LogP contribution in [0.5, 0.6) is 0 Å². The van der Waals surface area contributed by atoms with Crippen LogP contribution in [0.15, 0.2) is 109 Å². The minimum absolute atomic E-state index is 0. The maximum absolute atomic E-state index is 13.7. The molecule has 2 aliphatic heterocycles. The molecule has 10 atom stereocenters. The summed E-state index contributed by atoms with van der Waals surface area (Å²) < 4.78 is 85.1. The number of hydrogen-bond donors (Lipinski definition) is 5. The van der Waals surface area contributed by atoms with Crippen molar-refractivity contribution in [2.24, 2.45) is 0 Å². The number of methoxy groups -OCH3 is 3. The first-order chi connectivity index (χ1) is 43.2. The third-order valence-electron chi connectivity index (χ3n) is 14.6. The van der Waals surface area contributed by atoms with Crippen LogP contribution in [0, 0.1) is 32.9 Å². The van der Waals surface area contributed by atoms with Crippen LogP contribution in [0.2, 0.25) is 78.6 Å². The molecule has 0 amide bonds. The van der Waals surface area contributed by atoms with Crippen LogP contribution < -0.4 is 0 Å². The van der Waals surface area contributed by atoms with Crippen molar-refractivity contribution in [1.82, 2.24) is 0 Å². The second-order valence-electron chi connectivity index (χ2n) is 26.0. The van der Waals surface area contributed by atoms with Gasteiger partial charge in [-0.3, -0.25) is 4.79 Å². The van der Waals surface area contributed by atoms with Gasteiger partial charge >= 0.3 is 114 Å². The van der Waals surface area contributed by atoms with Crippen LogP contribution in [0.3, 0.4) is 0 Å². The summed E-state index contributed by atoms with van der Waals surface area (Å²) in [6, 6.07) is 30.4. The Morgan fingerprint density at radius 3 is 1.60 bits per heavy atom. The van der Waals surface area contributed by atoms with Crippen LogP contribution in [-0.2, 0) is 73.1 Å². The molecule has 94 heavy (non-hydrogen) atoms. The van der Waals surface area contributed by atoms with Crippen LogP contribution in [0.1, 0.15) is 47.9 Å². The summed E-state index contributed by atoms with van der Waals surface area (Å²) in [6.07, 6.45) is -8.82. The maximum atomic E-state index is 13.7. The average molecular weight is 2050 g/mol. The van der Waals surface area contributed by atoms with E-state index in [1.165, 1.54) is 60.1 Å². The van der Waals surface area contributed by atoms with Gasteiger partial charge in [0.15, 0.2) is 33.3 Å². The number of aryl methyl sites for hydroxylation is 2. The number of aliphatic hydroxyl groups is 5. The molecule has 0 unspecified atom stereocenters.